The van der Waals surface area contributed by atoms with Gasteiger partial charge in [0.1, 0.15) is 11.6 Å². The van der Waals surface area contributed by atoms with Crippen LogP contribution in [0.3, 0.4) is 0 Å². The summed E-state index contributed by atoms with van der Waals surface area (Å²) in [4.78, 5) is 31.3. The average Bonchev–Trinajstić information content (AvgIpc) is 2.77. The van der Waals surface area contributed by atoms with E-state index >= 15 is 0 Å². The van der Waals surface area contributed by atoms with Crippen molar-refractivity contribution in [1.82, 2.24) is 9.66 Å². The van der Waals surface area contributed by atoms with E-state index in [1.54, 1.807) is 18.2 Å². The molecule has 32 heavy (non-hydrogen) atoms. The molecule has 0 N–H and O–H groups in total. The highest BCUT2D eigenvalue weighted by molar-refractivity contribution is 9.10. The molecule has 0 amide bonds. The molecule has 0 aliphatic rings. The first-order valence-electron chi connectivity index (χ1n) is 9.98. The standard InChI is InChI=1S/C23H25BrN4O4/c1-14(2)22-26-19-9-7-16(24)10-18(19)23(30)28(22)25-12-15-6-8-17(27(3)4)11-20(15)32-13-21(29)31-5/h6-12,14H,13H2,1-5H3. The summed E-state index contributed by atoms with van der Waals surface area (Å²) in [5.41, 5.74) is 1.85. The normalized spacial score (nSPS) is 11.3. The highest BCUT2D eigenvalue weighted by atomic mass is 79.9. The number of rotatable bonds is 7. The lowest BCUT2D eigenvalue weighted by atomic mass is 10.2. The number of carbonyl (C=O) groups is 1. The van der Waals surface area contributed by atoms with Crippen LogP contribution in [0.2, 0.25) is 0 Å². The van der Waals surface area contributed by atoms with Gasteiger partial charge in [-0.15, -0.1) is 0 Å². The number of hydrogen-bond acceptors (Lipinski definition) is 7. The van der Waals surface area contributed by atoms with Crippen LogP contribution < -0.4 is 15.2 Å². The minimum Gasteiger partial charge on any atom is -0.481 e. The Morgan fingerprint density at radius 2 is 2.00 bits per heavy atom. The van der Waals surface area contributed by atoms with E-state index in [0.717, 1.165) is 10.2 Å². The van der Waals surface area contributed by atoms with Gasteiger partial charge in [-0.3, -0.25) is 4.79 Å². The zero-order chi connectivity index (χ0) is 23.4. The largest absolute Gasteiger partial charge is 0.481 e. The monoisotopic (exact) mass is 500 g/mol. The van der Waals surface area contributed by atoms with Gasteiger partial charge in [0, 0.05) is 41.8 Å². The van der Waals surface area contributed by atoms with Crippen LogP contribution >= 0.6 is 15.9 Å². The molecule has 9 heteroatoms. The second-order valence-corrected chi connectivity index (χ2v) is 8.54. The molecule has 0 saturated carbocycles. The van der Waals surface area contributed by atoms with Crippen LogP contribution in [0, 0.1) is 0 Å². The number of hydrogen-bond donors (Lipinski definition) is 0. The summed E-state index contributed by atoms with van der Waals surface area (Å²) >= 11 is 3.40. The molecule has 3 rings (SSSR count). The van der Waals surface area contributed by atoms with E-state index in [2.05, 4.69) is 30.8 Å². The van der Waals surface area contributed by atoms with Gasteiger partial charge in [0.15, 0.2) is 6.61 Å². The van der Waals surface area contributed by atoms with Gasteiger partial charge in [-0.05, 0) is 30.3 Å². The Morgan fingerprint density at radius 1 is 1.25 bits per heavy atom. The number of carbonyl (C=O) groups excluding carboxylic acids is 1. The van der Waals surface area contributed by atoms with Gasteiger partial charge in [0.25, 0.3) is 5.56 Å². The fourth-order valence-electron chi connectivity index (χ4n) is 3.00. The Kier molecular flexibility index (Phi) is 7.29. The summed E-state index contributed by atoms with van der Waals surface area (Å²) < 4.78 is 12.4. The lowest BCUT2D eigenvalue weighted by Gasteiger charge is -2.16. The first kappa shape index (κ1) is 23.5. The summed E-state index contributed by atoms with van der Waals surface area (Å²) in [7, 11) is 5.11. The molecule has 0 radical (unpaired) electrons. The van der Waals surface area contributed by atoms with Crippen molar-refractivity contribution in [2.75, 3.05) is 32.7 Å². The second-order valence-electron chi connectivity index (χ2n) is 7.63. The van der Waals surface area contributed by atoms with Crippen LogP contribution in [0.1, 0.15) is 31.2 Å². The van der Waals surface area contributed by atoms with Crippen molar-refractivity contribution in [3.8, 4) is 5.75 Å². The van der Waals surface area contributed by atoms with Crippen molar-refractivity contribution in [3.05, 3.63) is 62.6 Å². The highest BCUT2D eigenvalue weighted by Gasteiger charge is 2.14. The van der Waals surface area contributed by atoms with Crippen molar-refractivity contribution in [1.29, 1.82) is 0 Å². The third-order valence-electron chi connectivity index (χ3n) is 4.75. The van der Waals surface area contributed by atoms with Gasteiger partial charge in [0.05, 0.1) is 24.2 Å². The van der Waals surface area contributed by atoms with Crippen LogP contribution in [0.5, 0.6) is 5.75 Å². The molecule has 1 aromatic heterocycles. The zero-order valence-corrected chi connectivity index (χ0v) is 20.2. The number of benzene rings is 2. The van der Waals surface area contributed by atoms with E-state index in [-0.39, 0.29) is 18.1 Å². The van der Waals surface area contributed by atoms with Crippen LogP contribution in [-0.2, 0) is 9.53 Å². The lowest BCUT2D eigenvalue weighted by molar-refractivity contribution is -0.142. The van der Waals surface area contributed by atoms with Crippen LogP contribution in [-0.4, -0.2) is 49.7 Å². The van der Waals surface area contributed by atoms with E-state index in [4.69, 9.17) is 4.74 Å². The number of methoxy groups -OCH3 is 1. The van der Waals surface area contributed by atoms with Crippen molar-refractivity contribution in [2.24, 2.45) is 5.10 Å². The number of halogens is 1. The molecule has 0 fully saturated rings. The number of anilines is 1. The summed E-state index contributed by atoms with van der Waals surface area (Å²) in [6.07, 6.45) is 1.53. The van der Waals surface area contributed by atoms with E-state index in [9.17, 15) is 9.59 Å². The molecule has 1 heterocycles. The van der Waals surface area contributed by atoms with Crippen molar-refractivity contribution in [3.63, 3.8) is 0 Å². The van der Waals surface area contributed by atoms with Gasteiger partial charge in [-0.2, -0.15) is 9.78 Å². The number of ether oxygens (including phenoxy) is 2. The predicted octanol–water partition coefficient (Wildman–Crippen LogP) is 3.78. The number of esters is 1. The Bertz CT molecular complexity index is 1230. The molecule has 2 aromatic carbocycles. The number of aromatic nitrogens is 2. The topological polar surface area (TPSA) is 86.0 Å². The molecule has 0 atom stereocenters. The van der Waals surface area contributed by atoms with Gasteiger partial charge in [-0.1, -0.05) is 29.8 Å². The zero-order valence-electron chi connectivity index (χ0n) is 18.6. The molecule has 0 bridgehead atoms. The van der Waals surface area contributed by atoms with Crippen molar-refractivity contribution in [2.45, 2.75) is 19.8 Å². The van der Waals surface area contributed by atoms with Gasteiger partial charge < -0.3 is 14.4 Å². The Balaban J connectivity index is 2.10. The Labute approximate surface area is 194 Å². The summed E-state index contributed by atoms with van der Waals surface area (Å²) in [5, 5.41) is 4.91. The van der Waals surface area contributed by atoms with E-state index in [0.29, 0.717) is 28.0 Å². The molecule has 8 nitrogen and oxygen atoms in total. The highest BCUT2D eigenvalue weighted by Crippen LogP contribution is 2.24. The summed E-state index contributed by atoms with van der Waals surface area (Å²) in [6.45, 7) is 3.67. The van der Waals surface area contributed by atoms with E-state index in [1.165, 1.54) is 18.0 Å². The third-order valence-corrected chi connectivity index (χ3v) is 5.24. The van der Waals surface area contributed by atoms with Crippen molar-refractivity contribution >= 4 is 44.7 Å². The summed E-state index contributed by atoms with van der Waals surface area (Å²) in [6, 6.07) is 10.9. The molecule has 0 aliphatic heterocycles. The SMILES string of the molecule is COC(=O)COc1cc(N(C)C)ccc1C=Nn1c(C(C)C)nc2ccc(Br)cc2c1=O. The molecule has 0 aliphatic carbocycles. The maximum atomic E-state index is 13.2. The molecule has 3 aromatic rings. The minimum absolute atomic E-state index is 0.0286. The predicted molar refractivity (Wildman–Crippen MR) is 129 cm³/mol. The first-order chi connectivity index (χ1) is 15.2. The fourth-order valence-corrected chi connectivity index (χ4v) is 3.36. The quantitative estimate of drug-likeness (QED) is 0.362. The lowest BCUT2D eigenvalue weighted by Crippen LogP contribution is -2.23. The first-order valence-corrected chi connectivity index (χ1v) is 10.8. The average molecular weight is 501 g/mol. The van der Waals surface area contributed by atoms with Crippen LogP contribution in [0.25, 0.3) is 10.9 Å². The Hall–Kier alpha value is -3.20. The molecular formula is C23H25BrN4O4. The third kappa shape index (κ3) is 5.16. The molecule has 0 spiro atoms. The Morgan fingerprint density at radius 3 is 2.66 bits per heavy atom. The maximum absolute atomic E-state index is 13.2. The second kappa shape index (κ2) is 9.95. The van der Waals surface area contributed by atoms with Crippen molar-refractivity contribution < 1.29 is 14.3 Å². The molecule has 0 saturated heterocycles. The van der Waals surface area contributed by atoms with Gasteiger partial charge in [0.2, 0.25) is 0 Å². The number of fused-ring (bicyclic) bond motifs is 1. The maximum Gasteiger partial charge on any atom is 0.343 e. The van der Waals surface area contributed by atoms with Gasteiger partial charge in [-0.25, -0.2) is 9.78 Å². The number of nitrogens with zero attached hydrogens (tertiary/aromatic N) is 4. The summed E-state index contributed by atoms with van der Waals surface area (Å²) in [5.74, 6) is 0.467. The van der Waals surface area contributed by atoms with Gasteiger partial charge >= 0.3 is 5.97 Å². The van der Waals surface area contributed by atoms with E-state index in [1.807, 2.05) is 51.0 Å². The van der Waals surface area contributed by atoms with Crippen LogP contribution in [0.15, 0.2) is 50.8 Å². The van der Waals surface area contributed by atoms with Crippen LogP contribution in [0.4, 0.5) is 5.69 Å². The molecule has 0 unspecified atom stereocenters. The fraction of sp³-hybridized carbons (Fsp3) is 0.304. The smallest absolute Gasteiger partial charge is 0.343 e. The minimum atomic E-state index is -0.495. The van der Waals surface area contributed by atoms with E-state index < -0.39 is 5.97 Å². The molecular weight excluding hydrogens is 476 g/mol. The molecule has 168 valence electrons.